The zero-order valence-corrected chi connectivity index (χ0v) is 15.9. The molecule has 3 aromatic carbocycles. The fourth-order valence-corrected chi connectivity index (χ4v) is 2.85. The number of rotatable bonds is 7. The van der Waals surface area contributed by atoms with E-state index in [0.717, 1.165) is 11.1 Å². The van der Waals surface area contributed by atoms with Gasteiger partial charge < -0.3 is 10.6 Å². The summed E-state index contributed by atoms with van der Waals surface area (Å²) in [6, 6.07) is 25.8. The molecule has 3 aromatic rings. The van der Waals surface area contributed by atoms with Crippen molar-refractivity contribution in [1.29, 1.82) is 5.26 Å². The number of aryl methyl sites for hydroxylation is 1. The molecule has 0 radical (unpaired) electrons. The zero-order chi connectivity index (χ0) is 20.5. The van der Waals surface area contributed by atoms with Gasteiger partial charge in [0.2, 0.25) is 5.91 Å². The van der Waals surface area contributed by atoms with E-state index in [2.05, 4.69) is 16.7 Å². The molecule has 0 aliphatic rings. The van der Waals surface area contributed by atoms with Crippen molar-refractivity contribution in [2.75, 3.05) is 5.32 Å². The summed E-state index contributed by atoms with van der Waals surface area (Å²) >= 11 is 0. The van der Waals surface area contributed by atoms with Crippen molar-refractivity contribution in [3.63, 3.8) is 0 Å². The summed E-state index contributed by atoms with van der Waals surface area (Å²) in [7, 11) is 0. The van der Waals surface area contributed by atoms with E-state index in [0.29, 0.717) is 36.2 Å². The van der Waals surface area contributed by atoms with Gasteiger partial charge in [-0.1, -0.05) is 54.6 Å². The van der Waals surface area contributed by atoms with Crippen LogP contribution in [0.15, 0.2) is 78.9 Å². The van der Waals surface area contributed by atoms with Gasteiger partial charge in [-0.2, -0.15) is 5.26 Å². The average Bonchev–Trinajstić information content (AvgIpc) is 2.77. The van der Waals surface area contributed by atoms with Gasteiger partial charge in [0, 0.05) is 18.5 Å². The summed E-state index contributed by atoms with van der Waals surface area (Å²) in [5.74, 6) is -0.296. The van der Waals surface area contributed by atoms with E-state index in [1.165, 1.54) is 0 Å². The SMILES string of the molecule is N#Cc1ccccc1NC(=O)c1ccc(CNC(=O)CCc2ccccc2)cc1. The fourth-order valence-electron chi connectivity index (χ4n) is 2.85. The van der Waals surface area contributed by atoms with E-state index in [-0.39, 0.29) is 11.8 Å². The Bertz CT molecular complexity index is 1020. The highest BCUT2D eigenvalue weighted by atomic mass is 16.2. The molecule has 29 heavy (non-hydrogen) atoms. The number of nitriles is 1. The standard InChI is InChI=1S/C24H21N3O2/c25-16-21-8-4-5-9-22(21)27-24(29)20-13-10-19(11-14-20)17-26-23(28)15-12-18-6-2-1-3-7-18/h1-11,13-14H,12,15,17H2,(H,26,28)(H,27,29). The Hall–Kier alpha value is -3.91. The van der Waals surface area contributed by atoms with Crippen LogP contribution in [0.3, 0.4) is 0 Å². The smallest absolute Gasteiger partial charge is 0.255 e. The quantitative estimate of drug-likeness (QED) is 0.645. The second kappa shape index (κ2) is 9.86. The number of anilines is 1. The van der Waals surface area contributed by atoms with Gasteiger partial charge in [0.15, 0.2) is 0 Å². The Kier molecular flexibility index (Phi) is 6.75. The van der Waals surface area contributed by atoms with Crippen LogP contribution in [0.2, 0.25) is 0 Å². The largest absolute Gasteiger partial charge is 0.352 e. The molecule has 0 saturated heterocycles. The molecule has 0 atom stereocenters. The molecule has 0 fully saturated rings. The predicted octanol–water partition coefficient (Wildman–Crippen LogP) is 4.06. The summed E-state index contributed by atoms with van der Waals surface area (Å²) in [6.07, 6.45) is 1.14. The maximum Gasteiger partial charge on any atom is 0.255 e. The molecule has 2 N–H and O–H groups in total. The molecule has 5 heteroatoms. The number of amides is 2. The Morgan fingerprint density at radius 1 is 0.828 bits per heavy atom. The Labute approximate surface area is 170 Å². The molecule has 0 aromatic heterocycles. The fraction of sp³-hybridized carbons (Fsp3) is 0.125. The molecule has 0 unspecified atom stereocenters. The van der Waals surface area contributed by atoms with E-state index >= 15 is 0 Å². The summed E-state index contributed by atoms with van der Waals surface area (Å²) < 4.78 is 0. The lowest BCUT2D eigenvalue weighted by atomic mass is 10.1. The highest BCUT2D eigenvalue weighted by Gasteiger charge is 2.09. The van der Waals surface area contributed by atoms with Gasteiger partial charge in [-0.15, -0.1) is 0 Å². The van der Waals surface area contributed by atoms with Crippen LogP contribution in [0.4, 0.5) is 5.69 Å². The molecule has 2 amide bonds. The van der Waals surface area contributed by atoms with Crippen LogP contribution in [-0.2, 0) is 17.8 Å². The second-order valence-corrected chi connectivity index (χ2v) is 6.57. The highest BCUT2D eigenvalue weighted by molar-refractivity contribution is 6.04. The monoisotopic (exact) mass is 383 g/mol. The first-order valence-corrected chi connectivity index (χ1v) is 9.36. The third-order valence-electron chi connectivity index (χ3n) is 4.49. The molecule has 0 heterocycles. The van der Waals surface area contributed by atoms with Crippen LogP contribution in [0.5, 0.6) is 0 Å². The molecular weight excluding hydrogens is 362 g/mol. The van der Waals surface area contributed by atoms with Crippen molar-refractivity contribution >= 4 is 17.5 Å². The normalized spacial score (nSPS) is 10.0. The molecule has 144 valence electrons. The molecular formula is C24H21N3O2. The number of hydrogen-bond acceptors (Lipinski definition) is 3. The van der Waals surface area contributed by atoms with Crippen molar-refractivity contribution in [3.05, 3.63) is 101 Å². The summed E-state index contributed by atoms with van der Waals surface area (Å²) in [6.45, 7) is 0.410. The van der Waals surface area contributed by atoms with Crippen molar-refractivity contribution in [3.8, 4) is 6.07 Å². The Balaban J connectivity index is 1.50. The minimum Gasteiger partial charge on any atom is -0.352 e. The van der Waals surface area contributed by atoms with Gasteiger partial charge in [0.25, 0.3) is 5.91 Å². The maximum atomic E-state index is 12.4. The van der Waals surface area contributed by atoms with Crippen molar-refractivity contribution in [1.82, 2.24) is 5.32 Å². The van der Waals surface area contributed by atoms with Crippen molar-refractivity contribution < 1.29 is 9.59 Å². The van der Waals surface area contributed by atoms with Crippen LogP contribution in [-0.4, -0.2) is 11.8 Å². The lowest BCUT2D eigenvalue weighted by Crippen LogP contribution is -2.23. The van der Waals surface area contributed by atoms with E-state index < -0.39 is 0 Å². The van der Waals surface area contributed by atoms with Crippen LogP contribution in [0.25, 0.3) is 0 Å². The lowest BCUT2D eigenvalue weighted by Gasteiger charge is -2.08. The number of hydrogen-bond donors (Lipinski definition) is 2. The maximum absolute atomic E-state index is 12.4. The summed E-state index contributed by atoms with van der Waals surface area (Å²) in [4.78, 5) is 24.4. The van der Waals surface area contributed by atoms with Gasteiger partial charge >= 0.3 is 0 Å². The molecule has 0 bridgehead atoms. The molecule has 0 aliphatic heterocycles. The topological polar surface area (TPSA) is 82.0 Å². The molecule has 0 saturated carbocycles. The average molecular weight is 383 g/mol. The minimum atomic E-state index is -0.286. The number of nitrogens with one attached hydrogen (secondary N) is 2. The summed E-state index contributed by atoms with van der Waals surface area (Å²) in [5, 5.41) is 14.8. The number of nitrogens with zero attached hydrogens (tertiary/aromatic N) is 1. The van der Waals surface area contributed by atoms with Gasteiger partial charge in [0.05, 0.1) is 11.3 Å². The van der Waals surface area contributed by atoms with Gasteiger partial charge in [-0.05, 0) is 41.8 Å². The van der Waals surface area contributed by atoms with E-state index in [1.54, 1.807) is 36.4 Å². The van der Waals surface area contributed by atoms with Gasteiger partial charge in [-0.3, -0.25) is 9.59 Å². The number of carbonyl (C=O) groups excluding carboxylic acids is 2. The second-order valence-electron chi connectivity index (χ2n) is 6.57. The number of benzene rings is 3. The Morgan fingerprint density at radius 3 is 2.24 bits per heavy atom. The van der Waals surface area contributed by atoms with Crippen LogP contribution in [0.1, 0.15) is 33.5 Å². The van der Waals surface area contributed by atoms with Crippen LogP contribution >= 0.6 is 0 Å². The Morgan fingerprint density at radius 2 is 1.52 bits per heavy atom. The minimum absolute atomic E-state index is 0.0104. The third-order valence-corrected chi connectivity index (χ3v) is 4.49. The number of para-hydroxylation sites is 1. The molecule has 5 nitrogen and oxygen atoms in total. The van der Waals surface area contributed by atoms with E-state index in [9.17, 15) is 9.59 Å². The lowest BCUT2D eigenvalue weighted by molar-refractivity contribution is -0.121. The van der Waals surface area contributed by atoms with Gasteiger partial charge in [-0.25, -0.2) is 0 Å². The number of carbonyl (C=O) groups is 2. The van der Waals surface area contributed by atoms with Crippen molar-refractivity contribution in [2.45, 2.75) is 19.4 Å². The predicted molar refractivity (Wildman–Crippen MR) is 112 cm³/mol. The first kappa shape index (κ1) is 19.8. The van der Waals surface area contributed by atoms with Crippen LogP contribution in [0, 0.1) is 11.3 Å². The molecule has 0 aliphatic carbocycles. The first-order chi connectivity index (χ1) is 14.2. The summed E-state index contributed by atoms with van der Waals surface area (Å²) in [5.41, 5.74) is 3.42. The first-order valence-electron chi connectivity index (χ1n) is 9.36. The molecule has 0 spiro atoms. The third kappa shape index (κ3) is 5.78. The highest BCUT2D eigenvalue weighted by Crippen LogP contribution is 2.15. The zero-order valence-electron chi connectivity index (χ0n) is 15.9. The molecule has 3 rings (SSSR count). The van der Waals surface area contributed by atoms with E-state index in [1.807, 2.05) is 42.5 Å². The van der Waals surface area contributed by atoms with E-state index in [4.69, 9.17) is 5.26 Å². The van der Waals surface area contributed by atoms with Crippen LogP contribution < -0.4 is 10.6 Å². The van der Waals surface area contributed by atoms with Gasteiger partial charge in [0.1, 0.15) is 6.07 Å². The van der Waals surface area contributed by atoms with Crippen molar-refractivity contribution in [2.24, 2.45) is 0 Å².